The van der Waals surface area contributed by atoms with Crippen LogP contribution in [0.2, 0.25) is 0 Å². The number of hydrogen-bond donors (Lipinski definition) is 1. The molecule has 4 rings (SSSR count). The first-order valence-electron chi connectivity index (χ1n) is 9.25. The number of aromatic nitrogens is 3. The Labute approximate surface area is 164 Å². The summed E-state index contributed by atoms with van der Waals surface area (Å²) in [6, 6.07) is 17.5. The lowest BCUT2D eigenvalue weighted by atomic mass is 10.1. The molecule has 1 amide bonds. The molecule has 0 spiro atoms. The first-order chi connectivity index (χ1) is 13.4. The predicted molar refractivity (Wildman–Crippen MR) is 112 cm³/mol. The van der Waals surface area contributed by atoms with E-state index >= 15 is 0 Å². The maximum atomic E-state index is 12.8. The van der Waals surface area contributed by atoms with Crippen LogP contribution in [0.5, 0.6) is 0 Å². The number of aryl methyl sites for hydroxylation is 4. The highest BCUT2D eigenvalue weighted by Gasteiger charge is 2.15. The van der Waals surface area contributed by atoms with Gasteiger partial charge >= 0.3 is 0 Å². The molecule has 0 unspecified atom stereocenters. The predicted octanol–water partition coefficient (Wildman–Crippen LogP) is 4.91. The molecule has 140 valence electrons. The molecule has 0 aliphatic carbocycles. The topological polar surface area (TPSA) is 59.8 Å². The molecule has 0 aliphatic rings. The number of amides is 1. The Bertz CT molecular complexity index is 1210. The quantitative estimate of drug-likeness (QED) is 0.558. The van der Waals surface area contributed by atoms with E-state index in [-0.39, 0.29) is 5.91 Å². The Morgan fingerprint density at radius 2 is 1.64 bits per heavy atom. The van der Waals surface area contributed by atoms with E-state index in [2.05, 4.69) is 23.4 Å². The van der Waals surface area contributed by atoms with E-state index in [0.29, 0.717) is 17.2 Å². The zero-order chi connectivity index (χ0) is 19.8. The van der Waals surface area contributed by atoms with Gasteiger partial charge in [-0.1, -0.05) is 36.4 Å². The Kier molecular flexibility index (Phi) is 4.43. The summed E-state index contributed by atoms with van der Waals surface area (Å²) in [4.78, 5) is 17.6. The largest absolute Gasteiger partial charge is 0.306 e. The number of fused-ring (bicyclic) bond motifs is 1. The van der Waals surface area contributed by atoms with E-state index in [0.717, 1.165) is 33.3 Å². The van der Waals surface area contributed by atoms with Gasteiger partial charge in [0.15, 0.2) is 5.82 Å². The van der Waals surface area contributed by atoms with Crippen LogP contribution in [-0.2, 0) is 0 Å². The fraction of sp³-hybridized carbons (Fsp3) is 0.174. The molecular formula is C23H22N4O. The van der Waals surface area contributed by atoms with Gasteiger partial charge in [-0.3, -0.25) is 4.79 Å². The lowest BCUT2D eigenvalue weighted by molar-refractivity contribution is 0.102. The van der Waals surface area contributed by atoms with Crippen molar-refractivity contribution in [2.75, 3.05) is 5.32 Å². The van der Waals surface area contributed by atoms with Gasteiger partial charge in [0, 0.05) is 17.0 Å². The van der Waals surface area contributed by atoms with Crippen molar-refractivity contribution in [1.29, 1.82) is 0 Å². The number of benzene rings is 2. The van der Waals surface area contributed by atoms with Gasteiger partial charge in [-0.25, -0.2) is 4.98 Å². The lowest BCUT2D eigenvalue weighted by Crippen LogP contribution is -2.16. The SMILES string of the molecule is Cc1cc(NC(=O)c2ccccc2C)n(-c2cc(C)c3cccc(C)c3n2)n1. The molecular weight excluding hydrogens is 348 g/mol. The van der Waals surface area contributed by atoms with E-state index in [1.54, 1.807) is 4.68 Å². The van der Waals surface area contributed by atoms with Crippen LogP contribution in [0.1, 0.15) is 32.7 Å². The van der Waals surface area contributed by atoms with Crippen LogP contribution in [0.25, 0.3) is 16.7 Å². The van der Waals surface area contributed by atoms with Crippen molar-refractivity contribution in [3.05, 3.63) is 82.5 Å². The summed E-state index contributed by atoms with van der Waals surface area (Å²) in [7, 11) is 0. The molecule has 2 aromatic carbocycles. The molecule has 0 radical (unpaired) electrons. The highest BCUT2D eigenvalue weighted by atomic mass is 16.1. The lowest BCUT2D eigenvalue weighted by Gasteiger charge is -2.12. The summed E-state index contributed by atoms with van der Waals surface area (Å²) in [6.07, 6.45) is 0. The molecule has 5 heteroatoms. The Hall–Kier alpha value is -3.47. The molecule has 1 N–H and O–H groups in total. The van der Waals surface area contributed by atoms with Gasteiger partial charge in [0.2, 0.25) is 0 Å². The van der Waals surface area contributed by atoms with Crippen molar-refractivity contribution in [2.45, 2.75) is 27.7 Å². The van der Waals surface area contributed by atoms with Crippen molar-refractivity contribution in [2.24, 2.45) is 0 Å². The van der Waals surface area contributed by atoms with E-state index in [4.69, 9.17) is 4.98 Å². The monoisotopic (exact) mass is 370 g/mol. The minimum absolute atomic E-state index is 0.159. The van der Waals surface area contributed by atoms with Crippen LogP contribution in [-0.4, -0.2) is 20.7 Å². The van der Waals surface area contributed by atoms with Crippen molar-refractivity contribution in [3.8, 4) is 5.82 Å². The first-order valence-corrected chi connectivity index (χ1v) is 9.25. The Morgan fingerprint density at radius 3 is 2.43 bits per heavy atom. The second-order valence-electron chi connectivity index (χ2n) is 7.12. The summed E-state index contributed by atoms with van der Waals surface area (Å²) in [5, 5.41) is 8.68. The molecule has 0 bridgehead atoms. The van der Waals surface area contributed by atoms with E-state index in [1.807, 2.05) is 69.3 Å². The number of rotatable bonds is 3. The highest BCUT2D eigenvalue weighted by molar-refractivity contribution is 6.05. The molecule has 2 heterocycles. The third kappa shape index (κ3) is 3.16. The number of anilines is 1. The van der Waals surface area contributed by atoms with Gasteiger partial charge in [0.25, 0.3) is 5.91 Å². The van der Waals surface area contributed by atoms with Crippen molar-refractivity contribution >= 4 is 22.6 Å². The molecule has 2 aromatic heterocycles. The number of pyridine rings is 1. The molecule has 4 aromatic rings. The molecule has 0 aliphatic heterocycles. The third-order valence-corrected chi connectivity index (χ3v) is 4.91. The van der Waals surface area contributed by atoms with Crippen LogP contribution in [0.4, 0.5) is 5.82 Å². The van der Waals surface area contributed by atoms with Gasteiger partial charge in [0.1, 0.15) is 5.82 Å². The van der Waals surface area contributed by atoms with Gasteiger partial charge in [-0.05, 0) is 56.5 Å². The van der Waals surface area contributed by atoms with Crippen LogP contribution in [0.15, 0.2) is 54.6 Å². The first kappa shape index (κ1) is 17.9. The standard InChI is InChI=1S/C23H22N4O/c1-14-8-5-6-10-19(14)23(28)25-21-13-17(4)26-27(21)20-12-16(3)18-11-7-9-15(2)22(18)24-20/h5-13H,1-4H3,(H,25,28). The van der Waals surface area contributed by atoms with Gasteiger partial charge < -0.3 is 5.32 Å². The van der Waals surface area contributed by atoms with Crippen LogP contribution in [0.3, 0.4) is 0 Å². The summed E-state index contributed by atoms with van der Waals surface area (Å²) < 4.78 is 1.70. The fourth-order valence-corrected chi connectivity index (χ4v) is 3.43. The summed E-state index contributed by atoms with van der Waals surface area (Å²) in [6.45, 7) is 7.94. The maximum absolute atomic E-state index is 12.8. The minimum atomic E-state index is -0.159. The molecule has 5 nitrogen and oxygen atoms in total. The Balaban J connectivity index is 1.78. The number of hydrogen-bond acceptors (Lipinski definition) is 3. The molecule has 0 atom stereocenters. The van der Waals surface area contributed by atoms with Crippen LogP contribution in [0, 0.1) is 27.7 Å². The molecule has 28 heavy (non-hydrogen) atoms. The van der Waals surface area contributed by atoms with Crippen molar-refractivity contribution < 1.29 is 4.79 Å². The summed E-state index contributed by atoms with van der Waals surface area (Å²) in [5.74, 6) is 1.13. The van der Waals surface area contributed by atoms with E-state index in [1.165, 1.54) is 0 Å². The van der Waals surface area contributed by atoms with Crippen molar-refractivity contribution in [3.63, 3.8) is 0 Å². The number of para-hydroxylation sites is 1. The van der Waals surface area contributed by atoms with Gasteiger partial charge in [-0.2, -0.15) is 9.78 Å². The zero-order valence-corrected chi connectivity index (χ0v) is 16.4. The molecule has 0 saturated carbocycles. The van der Waals surface area contributed by atoms with Crippen molar-refractivity contribution in [1.82, 2.24) is 14.8 Å². The number of nitrogens with one attached hydrogen (secondary N) is 1. The number of carbonyl (C=O) groups is 1. The molecule has 0 saturated heterocycles. The summed E-state index contributed by atoms with van der Waals surface area (Å²) >= 11 is 0. The average molecular weight is 370 g/mol. The normalized spacial score (nSPS) is 11.0. The van der Waals surface area contributed by atoms with E-state index < -0.39 is 0 Å². The zero-order valence-electron chi connectivity index (χ0n) is 16.4. The second-order valence-corrected chi connectivity index (χ2v) is 7.12. The Morgan fingerprint density at radius 1 is 0.893 bits per heavy atom. The van der Waals surface area contributed by atoms with E-state index in [9.17, 15) is 4.79 Å². The van der Waals surface area contributed by atoms with Gasteiger partial charge in [0.05, 0.1) is 11.2 Å². The van der Waals surface area contributed by atoms with Crippen LogP contribution >= 0.6 is 0 Å². The highest BCUT2D eigenvalue weighted by Crippen LogP contribution is 2.24. The van der Waals surface area contributed by atoms with Crippen LogP contribution < -0.4 is 5.32 Å². The second kappa shape index (κ2) is 6.93. The third-order valence-electron chi connectivity index (χ3n) is 4.91. The van der Waals surface area contributed by atoms with Gasteiger partial charge in [-0.15, -0.1) is 0 Å². The average Bonchev–Trinajstić information content (AvgIpc) is 3.03. The number of nitrogens with zero attached hydrogens (tertiary/aromatic N) is 3. The fourth-order valence-electron chi connectivity index (χ4n) is 3.43. The smallest absolute Gasteiger partial charge is 0.257 e. The minimum Gasteiger partial charge on any atom is -0.306 e. The maximum Gasteiger partial charge on any atom is 0.257 e. The number of carbonyl (C=O) groups excluding carboxylic acids is 1. The summed E-state index contributed by atoms with van der Waals surface area (Å²) in [5.41, 5.74) is 5.56. The molecule has 0 fully saturated rings.